The van der Waals surface area contributed by atoms with Gasteiger partial charge in [-0.15, -0.1) is 11.8 Å². The predicted molar refractivity (Wildman–Crippen MR) is 95.2 cm³/mol. The average Bonchev–Trinajstić information content (AvgIpc) is 3.43. The van der Waals surface area contributed by atoms with Crippen molar-refractivity contribution in [1.29, 1.82) is 0 Å². The molecule has 0 unspecified atom stereocenters. The van der Waals surface area contributed by atoms with E-state index in [9.17, 15) is 9.59 Å². The number of nitrogens with one attached hydrogen (secondary N) is 1. The SMILES string of the molecule is CSc1ccccc1NC(=O)COC(=O)C1(c2ccccc2)CC1. The minimum absolute atomic E-state index is 0.268. The Bertz CT molecular complexity index is 741. The van der Waals surface area contributed by atoms with Crippen LogP contribution in [0, 0.1) is 0 Å². The number of hydrogen-bond donors (Lipinski definition) is 1. The minimum atomic E-state index is -0.557. The molecule has 1 saturated carbocycles. The van der Waals surface area contributed by atoms with Gasteiger partial charge in [-0.1, -0.05) is 42.5 Å². The molecule has 1 amide bonds. The number of para-hydroxylation sites is 1. The maximum absolute atomic E-state index is 12.4. The van der Waals surface area contributed by atoms with Gasteiger partial charge >= 0.3 is 5.97 Å². The molecule has 0 heterocycles. The molecule has 2 aromatic rings. The Morgan fingerprint density at radius 1 is 1.08 bits per heavy atom. The molecule has 0 spiro atoms. The van der Waals surface area contributed by atoms with Crippen molar-refractivity contribution in [3.63, 3.8) is 0 Å². The topological polar surface area (TPSA) is 55.4 Å². The number of esters is 1. The Hall–Kier alpha value is -2.27. The maximum atomic E-state index is 12.4. The molecule has 1 fully saturated rings. The molecule has 4 nitrogen and oxygen atoms in total. The van der Waals surface area contributed by atoms with E-state index in [1.54, 1.807) is 11.8 Å². The average molecular weight is 341 g/mol. The lowest BCUT2D eigenvalue weighted by molar-refractivity contribution is -0.150. The molecule has 124 valence electrons. The van der Waals surface area contributed by atoms with Crippen LogP contribution in [0.5, 0.6) is 0 Å². The van der Waals surface area contributed by atoms with Crippen molar-refractivity contribution in [3.8, 4) is 0 Å². The summed E-state index contributed by atoms with van der Waals surface area (Å²) in [6.07, 6.45) is 3.49. The standard InChI is InChI=1S/C19H19NO3S/c1-24-16-10-6-5-9-15(16)20-17(21)13-23-18(22)19(11-12-19)14-7-3-2-4-8-14/h2-10H,11-13H2,1H3,(H,20,21). The Morgan fingerprint density at radius 3 is 2.42 bits per heavy atom. The van der Waals surface area contributed by atoms with Gasteiger partial charge in [-0.2, -0.15) is 0 Å². The van der Waals surface area contributed by atoms with Gasteiger partial charge in [0.25, 0.3) is 5.91 Å². The lowest BCUT2D eigenvalue weighted by Crippen LogP contribution is -2.28. The first-order valence-electron chi connectivity index (χ1n) is 7.81. The summed E-state index contributed by atoms with van der Waals surface area (Å²) in [6.45, 7) is -0.268. The van der Waals surface area contributed by atoms with Crippen LogP contribution < -0.4 is 5.32 Å². The van der Waals surface area contributed by atoms with E-state index in [1.807, 2.05) is 60.9 Å². The van der Waals surface area contributed by atoms with Crippen molar-refractivity contribution < 1.29 is 14.3 Å². The van der Waals surface area contributed by atoms with E-state index in [-0.39, 0.29) is 18.5 Å². The highest BCUT2D eigenvalue weighted by Gasteiger charge is 2.52. The zero-order valence-corrected chi connectivity index (χ0v) is 14.3. The molecule has 0 bridgehead atoms. The second-order valence-corrected chi connectivity index (χ2v) is 6.62. The Labute approximate surface area is 145 Å². The molecule has 2 aromatic carbocycles. The van der Waals surface area contributed by atoms with E-state index in [0.717, 1.165) is 29.0 Å². The molecular formula is C19H19NO3S. The summed E-state index contributed by atoms with van der Waals surface area (Å²) in [4.78, 5) is 25.4. The second-order valence-electron chi connectivity index (χ2n) is 5.77. The van der Waals surface area contributed by atoms with Crippen molar-refractivity contribution >= 4 is 29.3 Å². The van der Waals surface area contributed by atoms with Gasteiger partial charge in [-0.3, -0.25) is 9.59 Å². The quantitative estimate of drug-likeness (QED) is 0.644. The third-order valence-electron chi connectivity index (χ3n) is 4.18. The highest BCUT2D eigenvalue weighted by molar-refractivity contribution is 7.98. The van der Waals surface area contributed by atoms with Crippen LogP contribution in [0.15, 0.2) is 59.5 Å². The molecule has 1 aliphatic rings. The molecule has 5 heteroatoms. The molecule has 1 aliphatic carbocycles. The predicted octanol–water partition coefficient (Wildman–Crippen LogP) is 3.62. The third-order valence-corrected chi connectivity index (χ3v) is 4.98. The molecular weight excluding hydrogens is 322 g/mol. The lowest BCUT2D eigenvalue weighted by Gasteiger charge is -2.15. The Morgan fingerprint density at radius 2 is 1.75 bits per heavy atom. The van der Waals surface area contributed by atoms with Gasteiger partial charge in [0.1, 0.15) is 0 Å². The van der Waals surface area contributed by atoms with Crippen LogP contribution in [0.4, 0.5) is 5.69 Å². The van der Waals surface area contributed by atoms with Crippen LogP contribution in [0.25, 0.3) is 0 Å². The van der Waals surface area contributed by atoms with Gasteiger partial charge in [-0.05, 0) is 36.8 Å². The number of amides is 1. The smallest absolute Gasteiger partial charge is 0.317 e. The number of benzene rings is 2. The number of hydrogen-bond acceptors (Lipinski definition) is 4. The summed E-state index contributed by atoms with van der Waals surface area (Å²) >= 11 is 1.55. The van der Waals surface area contributed by atoms with Gasteiger partial charge in [0.05, 0.1) is 11.1 Å². The van der Waals surface area contributed by atoms with E-state index in [2.05, 4.69) is 5.32 Å². The fourth-order valence-corrected chi connectivity index (χ4v) is 3.25. The number of carbonyl (C=O) groups excluding carboxylic acids is 2. The molecule has 1 N–H and O–H groups in total. The fourth-order valence-electron chi connectivity index (χ4n) is 2.70. The molecule has 0 aliphatic heterocycles. The van der Waals surface area contributed by atoms with Crippen molar-refractivity contribution in [2.75, 3.05) is 18.2 Å². The van der Waals surface area contributed by atoms with E-state index < -0.39 is 5.41 Å². The zero-order valence-electron chi connectivity index (χ0n) is 13.5. The zero-order chi connectivity index (χ0) is 17.0. The second kappa shape index (κ2) is 7.09. The highest BCUT2D eigenvalue weighted by Crippen LogP contribution is 2.49. The summed E-state index contributed by atoms with van der Waals surface area (Å²) in [6, 6.07) is 17.1. The van der Waals surface area contributed by atoms with Crippen LogP contribution >= 0.6 is 11.8 Å². The number of anilines is 1. The third kappa shape index (κ3) is 3.46. The number of thioether (sulfide) groups is 1. The first kappa shape index (κ1) is 16.6. The van der Waals surface area contributed by atoms with Crippen LogP contribution in [-0.2, 0) is 19.7 Å². The van der Waals surface area contributed by atoms with Crippen molar-refractivity contribution in [1.82, 2.24) is 0 Å². The first-order chi connectivity index (χ1) is 11.7. The normalized spacial score (nSPS) is 14.7. The van der Waals surface area contributed by atoms with Crippen LogP contribution in [0.3, 0.4) is 0 Å². The molecule has 0 saturated heterocycles. The van der Waals surface area contributed by atoms with Crippen LogP contribution in [-0.4, -0.2) is 24.7 Å². The van der Waals surface area contributed by atoms with Crippen LogP contribution in [0.2, 0.25) is 0 Å². The Balaban J connectivity index is 1.58. The molecule has 0 radical (unpaired) electrons. The minimum Gasteiger partial charge on any atom is -0.455 e. The lowest BCUT2D eigenvalue weighted by atomic mass is 9.96. The van der Waals surface area contributed by atoms with Gasteiger partial charge in [-0.25, -0.2) is 0 Å². The summed E-state index contributed by atoms with van der Waals surface area (Å²) in [7, 11) is 0. The number of ether oxygens (including phenoxy) is 1. The monoisotopic (exact) mass is 341 g/mol. The Kier molecular flexibility index (Phi) is 4.90. The highest BCUT2D eigenvalue weighted by atomic mass is 32.2. The fraction of sp³-hybridized carbons (Fsp3) is 0.263. The van der Waals surface area contributed by atoms with Gasteiger partial charge in [0, 0.05) is 4.90 Å². The van der Waals surface area contributed by atoms with Crippen molar-refractivity contribution in [3.05, 3.63) is 60.2 Å². The largest absolute Gasteiger partial charge is 0.455 e. The maximum Gasteiger partial charge on any atom is 0.317 e. The number of carbonyl (C=O) groups is 2. The first-order valence-corrected chi connectivity index (χ1v) is 9.04. The van der Waals surface area contributed by atoms with Gasteiger partial charge in [0.15, 0.2) is 6.61 Å². The van der Waals surface area contributed by atoms with Crippen molar-refractivity contribution in [2.24, 2.45) is 0 Å². The summed E-state index contributed by atoms with van der Waals surface area (Å²) in [5.74, 6) is -0.643. The van der Waals surface area contributed by atoms with E-state index in [0.29, 0.717) is 0 Å². The van der Waals surface area contributed by atoms with E-state index >= 15 is 0 Å². The summed E-state index contributed by atoms with van der Waals surface area (Å²) in [5, 5.41) is 2.79. The summed E-state index contributed by atoms with van der Waals surface area (Å²) < 4.78 is 5.27. The molecule has 24 heavy (non-hydrogen) atoms. The summed E-state index contributed by atoms with van der Waals surface area (Å²) in [5.41, 5.74) is 1.14. The van der Waals surface area contributed by atoms with Gasteiger partial charge in [0.2, 0.25) is 0 Å². The molecule has 0 aromatic heterocycles. The van der Waals surface area contributed by atoms with Gasteiger partial charge < -0.3 is 10.1 Å². The molecule has 0 atom stereocenters. The van der Waals surface area contributed by atoms with E-state index in [4.69, 9.17) is 4.74 Å². The van der Waals surface area contributed by atoms with Crippen molar-refractivity contribution in [2.45, 2.75) is 23.2 Å². The van der Waals surface area contributed by atoms with Crippen LogP contribution in [0.1, 0.15) is 18.4 Å². The molecule has 3 rings (SSSR count). The van der Waals surface area contributed by atoms with E-state index in [1.165, 1.54) is 0 Å². The number of rotatable bonds is 6.